The molecule has 0 spiro atoms. The van der Waals surface area contributed by atoms with E-state index in [4.69, 9.17) is 4.74 Å². The molecule has 0 saturated heterocycles. The van der Waals surface area contributed by atoms with Crippen molar-refractivity contribution < 1.29 is 14.3 Å². The fourth-order valence-corrected chi connectivity index (χ4v) is 1.59. The first-order valence-electron chi connectivity index (χ1n) is 6.99. The first-order chi connectivity index (χ1) is 9.84. The third-order valence-corrected chi connectivity index (χ3v) is 2.94. The van der Waals surface area contributed by atoms with E-state index in [1.165, 1.54) is 0 Å². The number of carbonyl (C=O) groups excluding carboxylic acids is 2. The minimum absolute atomic E-state index is 0.00360. The van der Waals surface area contributed by atoms with Crippen molar-refractivity contribution in [2.45, 2.75) is 27.3 Å². The molecule has 5 nitrogen and oxygen atoms in total. The smallest absolute Gasteiger partial charge is 0.251 e. The van der Waals surface area contributed by atoms with Crippen molar-refractivity contribution in [1.82, 2.24) is 10.6 Å². The van der Waals surface area contributed by atoms with Crippen LogP contribution >= 0.6 is 0 Å². The molecule has 0 aliphatic rings. The second kappa shape index (κ2) is 7.78. The summed E-state index contributed by atoms with van der Waals surface area (Å²) in [6, 6.07) is 7.18. The molecular formula is C16H24N2O3. The van der Waals surface area contributed by atoms with E-state index in [0.29, 0.717) is 25.3 Å². The van der Waals surface area contributed by atoms with Gasteiger partial charge in [0.05, 0.1) is 6.61 Å². The molecule has 2 amide bonds. The number of methoxy groups -OCH3 is 1. The van der Waals surface area contributed by atoms with Gasteiger partial charge in [0.2, 0.25) is 5.91 Å². The molecule has 0 aliphatic carbocycles. The van der Waals surface area contributed by atoms with Gasteiger partial charge in [-0.15, -0.1) is 0 Å². The fraction of sp³-hybridized carbons (Fsp3) is 0.500. The topological polar surface area (TPSA) is 67.4 Å². The van der Waals surface area contributed by atoms with Crippen molar-refractivity contribution >= 4 is 11.8 Å². The maximum atomic E-state index is 11.8. The second-order valence-corrected chi connectivity index (χ2v) is 5.88. The molecule has 0 aromatic heterocycles. The quantitative estimate of drug-likeness (QED) is 0.785. The molecule has 0 heterocycles. The van der Waals surface area contributed by atoms with Gasteiger partial charge in [0.1, 0.15) is 0 Å². The zero-order valence-corrected chi connectivity index (χ0v) is 13.2. The van der Waals surface area contributed by atoms with Crippen molar-refractivity contribution in [3.63, 3.8) is 0 Å². The van der Waals surface area contributed by atoms with Crippen molar-refractivity contribution in [2.24, 2.45) is 5.41 Å². The highest BCUT2D eigenvalue weighted by Gasteiger charge is 2.20. The Morgan fingerprint density at radius 1 is 1.10 bits per heavy atom. The van der Waals surface area contributed by atoms with E-state index < -0.39 is 5.41 Å². The number of amides is 2. The van der Waals surface area contributed by atoms with Gasteiger partial charge in [-0.3, -0.25) is 9.59 Å². The summed E-state index contributed by atoms with van der Waals surface area (Å²) >= 11 is 0. The van der Waals surface area contributed by atoms with Crippen LogP contribution in [-0.2, 0) is 16.1 Å². The lowest BCUT2D eigenvalue weighted by Gasteiger charge is -2.17. The number of hydrogen-bond donors (Lipinski definition) is 2. The van der Waals surface area contributed by atoms with Gasteiger partial charge in [-0.05, 0) is 17.7 Å². The number of hydrogen-bond acceptors (Lipinski definition) is 3. The highest BCUT2D eigenvalue weighted by Crippen LogP contribution is 2.13. The van der Waals surface area contributed by atoms with Crippen LogP contribution in [0, 0.1) is 5.41 Å². The van der Waals surface area contributed by atoms with Crippen molar-refractivity contribution in [1.29, 1.82) is 0 Å². The van der Waals surface area contributed by atoms with E-state index >= 15 is 0 Å². The Hall–Kier alpha value is -1.88. The van der Waals surface area contributed by atoms with E-state index in [9.17, 15) is 9.59 Å². The minimum atomic E-state index is -0.402. The van der Waals surface area contributed by atoms with E-state index in [-0.39, 0.29) is 11.8 Å². The Morgan fingerprint density at radius 3 is 2.24 bits per heavy atom. The lowest BCUT2D eigenvalue weighted by molar-refractivity contribution is -0.128. The number of carbonyl (C=O) groups is 2. The Labute approximate surface area is 126 Å². The van der Waals surface area contributed by atoms with Crippen molar-refractivity contribution in [3.8, 4) is 0 Å². The molecular weight excluding hydrogens is 268 g/mol. The Kier molecular flexibility index (Phi) is 6.37. The number of nitrogens with one attached hydrogen (secondary N) is 2. The molecule has 21 heavy (non-hydrogen) atoms. The van der Waals surface area contributed by atoms with Crippen LogP contribution < -0.4 is 10.6 Å². The van der Waals surface area contributed by atoms with E-state index in [1.807, 2.05) is 32.9 Å². The summed E-state index contributed by atoms with van der Waals surface area (Å²) in [6.45, 7) is 7.05. The predicted molar refractivity (Wildman–Crippen MR) is 82.0 cm³/mol. The molecule has 0 bridgehead atoms. The van der Waals surface area contributed by atoms with Gasteiger partial charge in [0.25, 0.3) is 5.91 Å². The summed E-state index contributed by atoms with van der Waals surface area (Å²) in [7, 11) is 1.59. The van der Waals surface area contributed by atoms with Crippen LogP contribution in [0.5, 0.6) is 0 Å². The molecule has 5 heteroatoms. The predicted octanol–water partition coefficient (Wildman–Crippen LogP) is 1.73. The lowest BCUT2D eigenvalue weighted by atomic mass is 9.95. The summed E-state index contributed by atoms with van der Waals surface area (Å²) < 4.78 is 4.87. The fourth-order valence-electron chi connectivity index (χ4n) is 1.59. The number of rotatable bonds is 6. The average molecular weight is 292 g/mol. The Bertz CT molecular complexity index is 475. The normalized spacial score (nSPS) is 11.0. The summed E-state index contributed by atoms with van der Waals surface area (Å²) in [4.78, 5) is 23.6. The van der Waals surface area contributed by atoms with Crippen LogP contribution in [0.2, 0.25) is 0 Å². The number of ether oxygens (including phenoxy) is 1. The van der Waals surface area contributed by atoms with Crippen LogP contribution in [0.25, 0.3) is 0 Å². The largest absolute Gasteiger partial charge is 0.383 e. The van der Waals surface area contributed by atoms with E-state index in [0.717, 1.165) is 5.56 Å². The molecule has 0 aliphatic heterocycles. The summed E-state index contributed by atoms with van der Waals surface area (Å²) in [6.07, 6.45) is 0. The lowest BCUT2D eigenvalue weighted by Crippen LogP contribution is -2.34. The van der Waals surface area contributed by atoms with Gasteiger partial charge < -0.3 is 15.4 Å². The zero-order valence-electron chi connectivity index (χ0n) is 13.2. The second-order valence-electron chi connectivity index (χ2n) is 5.88. The monoisotopic (exact) mass is 292 g/mol. The third kappa shape index (κ3) is 5.95. The van der Waals surface area contributed by atoms with E-state index in [1.54, 1.807) is 19.2 Å². The molecule has 0 unspecified atom stereocenters. The van der Waals surface area contributed by atoms with Crippen LogP contribution in [0.1, 0.15) is 36.7 Å². The Morgan fingerprint density at radius 2 is 1.71 bits per heavy atom. The van der Waals surface area contributed by atoms with Crippen LogP contribution in [0.3, 0.4) is 0 Å². The first-order valence-corrected chi connectivity index (χ1v) is 6.99. The van der Waals surface area contributed by atoms with Gasteiger partial charge in [-0.25, -0.2) is 0 Å². The molecule has 0 saturated carbocycles. The standard InChI is InChI=1S/C16H24N2O3/c1-16(2,3)15(20)18-11-12-5-7-13(8-6-12)14(19)17-9-10-21-4/h5-8H,9-11H2,1-4H3,(H,17,19)(H,18,20). The molecule has 1 aromatic carbocycles. The van der Waals surface area contributed by atoms with Crippen LogP contribution in [0.4, 0.5) is 0 Å². The summed E-state index contributed by atoms with van der Waals surface area (Å²) in [5.74, 6) is -0.124. The van der Waals surface area contributed by atoms with Gasteiger partial charge >= 0.3 is 0 Å². The molecule has 2 N–H and O–H groups in total. The highest BCUT2D eigenvalue weighted by molar-refractivity contribution is 5.94. The SMILES string of the molecule is COCCNC(=O)c1ccc(CNC(=O)C(C)(C)C)cc1. The maximum Gasteiger partial charge on any atom is 0.251 e. The molecule has 116 valence electrons. The Balaban J connectivity index is 2.50. The molecule has 0 fully saturated rings. The van der Waals surface area contributed by atoms with Gasteiger partial charge in [0, 0.05) is 31.2 Å². The number of benzene rings is 1. The van der Waals surface area contributed by atoms with Crippen LogP contribution in [0.15, 0.2) is 24.3 Å². The zero-order chi connectivity index (χ0) is 15.9. The maximum absolute atomic E-state index is 11.8. The molecule has 0 radical (unpaired) electrons. The highest BCUT2D eigenvalue weighted by atomic mass is 16.5. The molecule has 1 aromatic rings. The summed E-state index contributed by atoms with van der Waals surface area (Å²) in [5.41, 5.74) is 1.15. The summed E-state index contributed by atoms with van der Waals surface area (Å²) in [5, 5.41) is 5.63. The van der Waals surface area contributed by atoms with E-state index in [2.05, 4.69) is 10.6 Å². The van der Waals surface area contributed by atoms with Gasteiger partial charge in [-0.1, -0.05) is 32.9 Å². The molecule has 0 atom stereocenters. The van der Waals surface area contributed by atoms with Crippen molar-refractivity contribution in [2.75, 3.05) is 20.3 Å². The van der Waals surface area contributed by atoms with Crippen molar-refractivity contribution in [3.05, 3.63) is 35.4 Å². The minimum Gasteiger partial charge on any atom is -0.383 e. The van der Waals surface area contributed by atoms with Gasteiger partial charge in [-0.2, -0.15) is 0 Å². The molecule has 1 rings (SSSR count). The third-order valence-electron chi connectivity index (χ3n) is 2.94. The van der Waals surface area contributed by atoms with Crippen LogP contribution in [-0.4, -0.2) is 32.1 Å². The van der Waals surface area contributed by atoms with Gasteiger partial charge in [0.15, 0.2) is 0 Å². The first kappa shape index (κ1) is 17.2. The average Bonchev–Trinajstić information content (AvgIpc) is 2.44.